The molecule has 0 aliphatic carbocycles. The molecule has 1 heterocycles. The third-order valence-corrected chi connectivity index (χ3v) is 4.73. The van der Waals surface area contributed by atoms with Crippen LogP contribution >= 0.6 is 35.6 Å². The molecule has 0 saturated carbocycles. The van der Waals surface area contributed by atoms with E-state index in [2.05, 4.69) is 5.32 Å². The Balaban J connectivity index is 1.77. The molecule has 1 aliphatic rings. The minimum atomic E-state index is -0.113. The van der Waals surface area contributed by atoms with Crippen LogP contribution in [-0.2, 0) is 9.59 Å². The summed E-state index contributed by atoms with van der Waals surface area (Å²) in [6.45, 7) is 2.32. The second-order valence-electron chi connectivity index (χ2n) is 4.68. The summed E-state index contributed by atoms with van der Waals surface area (Å²) in [6, 6.07) is 6.99. The number of benzene rings is 1. The predicted octanol–water partition coefficient (Wildman–Crippen LogP) is 3.31. The van der Waals surface area contributed by atoms with Crippen LogP contribution in [0.1, 0.15) is 19.8 Å². The number of hydrogen-bond acceptors (Lipinski definition) is 4. The first kappa shape index (κ1) is 16.3. The van der Waals surface area contributed by atoms with Crippen LogP contribution in [0.3, 0.4) is 0 Å². The summed E-state index contributed by atoms with van der Waals surface area (Å²) in [5.74, 6) is -0.0734. The Hall–Kier alpha value is -1.11. The van der Waals surface area contributed by atoms with Crippen molar-refractivity contribution in [1.82, 2.24) is 4.90 Å². The second-order valence-corrected chi connectivity index (χ2v) is 7.09. The van der Waals surface area contributed by atoms with Crippen LogP contribution in [0.25, 0.3) is 0 Å². The molecule has 1 aromatic rings. The van der Waals surface area contributed by atoms with E-state index in [9.17, 15) is 9.59 Å². The molecule has 2 rings (SSSR count). The van der Waals surface area contributed by atoms with Gasteiger partial charge in [0.05, 0.1) is 5.25 Å². The fraction of sp³-hybridized carbons (Fsp3) is 0.357. The average molecular weight is 343 g/mol. The monoisotopic (exact) mass is 342 g/mol. The van der Waals surface area contributed by atoms with Crippen LogP contribution in [0.5, 0.6) is 0 Å². The summed E-state index contributed by atoms with van der Waals surface area (Å²) in [4.78, 5) is 25.2. The highest BCUT2D eigenvalue weighted by Crippen LogP contribution is 2.26. The summed E-state index contributed by atoms with van der Waals surface area (Å²) in [5.41, 5.74) is 0.671. The topological polar surface area (TPSA) is 49.4 Å². The lowest BCUT2D eigenvalue weighted by Crippen LogP contribution is -2.32. The number of anilines is 1. The molecule has 1 unspecified atom stereocenters. The first-order valence-corrected chi connectivity index (χ1v) is 8.21. The predicted molar refractivity (Wildman–Crippen MR) is 90.7 cm³/mol. The van der Waals surface area contributed by atoms with Gasteiger partial charge in [-0.15, -0.1) is 0 Å². The number of nitrogens with zero attached hydrogens (tertiary/aromatic N) is 1. The first-order valence-electron chi connectivity index (χ1n) is 6.55. The molecule has 1 saturated heterocycles. The molecule has 4 nitrogen and oxygen atoms in total. The molecule has 7 heteroatoms. The molecule has 1 aliphatic heterocycles. The highest BCUT2D eigenvalue weighted by Gasteiger charge is 2.33. The zero-order valence-electron chi connectivity index (χ0n) is 11.5. The number of carbonyl (C=O) groups is 2. The number of rotatable bonds is 5. The number of hydrogen-bond donors (Lipinski definition) is 1. The van der Waals surface area contributed by atoms with E-state index in [1.54, 1.807) is 29.2 Å². The van der Waals surface area contributed by atoms with Gasteiger partial charge in [0.15, 0.2) is 0 Å². The van der Waals surface area contributed by atoms with Crippen LogP contribution in [-0.4, -0.2) is 32.8 Å². The summed E-state index contributed by atoms with van der Waals surface area (Å²) in [6.07, 6.45) is 0.906. The van der Waals surface area contributed by atoms with Crippen molar-refractivity contribution in [2.45, 2.75) is 25.0 Å². The molecular weight excluding hydrogens is 328 g/mol. The highest BCUT2D eigenvalue weighted by atomic mass is 35.5. The number of halogens is 1. The molecule has 1 fully saturated rings. The molecular formula is C14H15ClN2O2S2. The van der Waals surface area contributed by atoms with Gasteiger partial charge in [0.25, 0.3) is 0 Å². The molecule has 2 amide bonds. The van der Waals surface area contributed by atoms with Crippen molar-refractivity contribution in [3.63, 3.8) is 0 Å². The minimum absolute atomic E-state index is 0.0280. The van der Waals surface area contributed by atoms with Gasteiger partial charge in [0.1, 0.15) is 4.32 Å². The third kappa shape index (κ3) is 4.43. The van der Waals surface area contributed by atoms with E-state index >= 15 is 0 Å². The van der Waals surface area contributed by atoms with Crippen LogP contribution in [0.4, 0.5) is 5.69 Å². The number of amides is 2. The van der Waals surface area contributed by atoms with E-state index in [1.807, 2.05) is 6.92 Å². The van der Waals surface area contributed by atoms with E-state index in [0.29, 0.717) is 34.4 Å². The van der Waals surface area contributed by atoms with Crippen molar-refractivity contribution in [3.8, 4) is 0 Å². The van der Waals surface area contributed by atoms with Gasteiger partial charge >= 0.3 is 0 Å². The molecule has 0 spiro atoms. The second kappa shape index (κ2) is 7.24. The van der Waals surface area contributed by atoms with Gasteiger partial charge < -0.3 is 5.32 Å². The number of nitrogens with one attached hydrogen (secondary N) is 1. The minimum Gasteiger partial charge on any atom is -0.326 e. The Morgan fingerprint density at radius 1 is 1.52 bits per heavy atom. The van der Waals surface area contributed by atoms with Crippen LogP contribution in [0, 0.1) is 0 Å². The maximum absolute atomic E-state index is 11.8. The fourth-order valence-corrected chi connectivity index (χ4v) is 3.61. The normalized spacial score (nSPS) is 18.2. The van der Waals surface area contributed by atoms with E-state index in [4.69, 9.17) is 23.8 Å². The van der Waals surface area contributed by atoms with Crippen LogP contribution < -0.4 is 5.32 Å². The average Bonchev–Trinajstić information content (AvgIpc) is 2.65. The van der Waals surface area contributed by atoms with Gasteiger partial charge in [0, 0.05) is 23.7 Å². The quantitative estimate of drug-likeness (QED) is 0.834. The van der Waals surface area contributed by atoms with Gasteiger partial charge in [-0.2, -0.15) is 0 Å². The van der Waals surface area contributed by atoms with E-state index in [-0.39, 0.29) is 17.1 Å². The summed E-state index contributed by atoms with van der Waals surface area (Å²) >= 11 is 12.4. The van der Waals surface area contributed by atoms with E-state index in [1.165, 1.54) is 11.8 Å². The number of thioether (sulfide) groups is 1. The third-order valence-electron chi connectivity index (χ3n) is 3.01. The maximum atomic E-state index is 11.8. The lowest BCUT2D eigenvalue weighted by atomic mass is 10.2. The van der Waals surface area contributed by atoms with Crippen molar-refractivity contribution in [3.05, 3.63) is 29.3 Å². The molecule has 1 aromatic carbocycles. The zero-order chi connectivity index (χ0) is 15.4. The number of carbonyl (C=O) groups excluding carboxylic acids is 2. The SMILES string of the molecule is CC1SC(=S)N(CCCC(=O)Nc2cccc(Cl)c2)C1=O. The van der Waals surface area contributed by atoms with E-state index < -0.39 is 0 Å². The highest BCUT2D eigenvalue weighted by molar-refractivity contribution is 8.24. The summed E-state index contributed by atoms with van der Waals surface area (Å²) in [5, 5.41) is 3.24. The Morgan fingerprint density at radius 2 is 2.29 bits per heavy atom. The van der Waals surface area contributed by atoms with Gasteiger partial charge in [-0.3, -0.25) is 14.5 Å². The Kier molecular flexibility index (Phi) is 5.61. The number of thiocarbonyl (C=S) groups is 1. The van der Waals surface area contributed by atoms with Gasteiger partial charge in [-0.25, -0.2) is 0 Å². The van der Waals surface area contributed by atoms with Crippen molar-refractivity contribution >= 4 is 57.4 Å². The van der Waals surface area contributed by atoms with Crippen LogP contribution in [0.15, 0.2) is 24.3 Å². The largest absolute Gasteiger partial charge is 0.326 e. The summed E-state index contributed by atoms with van der Waals surface area (Å²) < 4.78 is 0.600. The zero-order valence-corrected chi connectivity index (χ0v) is 13.9. The lowest BCUT2D eigenvalue weighted by Gasteiger charge is -2.14. The molecule has 1 atom stereocenters. The van der Waals surface area contributed by atoms with E-state index in [0.717, 1.165) is 0 Å². The molecule has 0 radical (unpaired) electrons. The maximum Gasteiger partial charge on any atom is 0.241 e. The van der Waals surface area contributed by atoms with Crippen LogP contribution in [0.2, 0.25) is 5.02 Å². The standard InChI is InChI=1S/C14H15ClN2O2S2/c1-9-13(19)17(14(20)21-9)7-3-6-12(18)16-11-5-2-4-10(15)8-11/h2,4-5,8-9H,3,6-7H2,1H3,(H,16,18). The van der Waals surface area contributed by atoms with Gasteiger partial charge in [-0.05, 0) is 31.5 Å². The first-order chi connectivity index (χ1) is 9.97. The van der Waals surface area contributed by atoms with Crippen molar-refractivity contribution in [2.24, 2.45) is 0 Å². The van der Waals surface area contributed by atoms with Crippen molar-refractivity contribution in [1.29, 1.82) is 0 Å². The molecule has 112 valence electrons. The van der Waals surface area contributed by atoms with Crippen molar-refractivity contribution < 1.29 is 9.59 Å². The van der Waals surface area contributed by atoms with Gasteiger partial charge in [-0.1, -0.05) is 41.6 Å². The molecule has 0 bridgehead atoms. The van der Waals surface area contributed by atoms with Crippen molar-refractivity contribution in [2.75, 3.05) is 11.9 Å². The molecule has 0 aromatic heterocycles. The molecule has 1 N–H and O–H groups in total. The van der Waals surface area contributed by atoms with Gasteiger partial charge in [0.2, 0.25) is 11.8 Å². The lowest BCUT2D eigenvalue weighted by molar-refractivity contribution is -0.126. The fourth-order valence-electron chi connectivity index (χ4n) is 1.96. The Labute approximate surface area is 138 Å². The smallest absolute Gasteiger partial charge is 0.241 e. The molecule has 21 heavy (non-hydrogen) atoms. The Bertz CT molecular complexity index is 580. The summed E-state index contributed by atoms with van der Waals surface area (Å²) in [7, 11) is 0. The Morgan fingerprint density at radius 3 is 2.90 bits per heavy atom.